The van der Waals surface area contributed by atoms with E-state index in [2.05, 4.69) is 0 Å². The predicted molar refractivity (Wildman–Crippen MR) is 39.8 cm³/mol. The van der Waals surface area contributed by atoms with Crippen molar-refractivity contribution in [1.82, 2.24) is 12.3 Å². The Bertz CT molecular complexity index is 134. The molecule has 8 heteroatoms. The van der Waals surface area contributed by atoms with Gasteiger partial charge < -0.3 is 32.3 Å². The van der Waals surface area contributed by atoms with Gasteiger partial charge in [-0.3, -0.25) is 4.57 Å². The fraction of sp³-hybridized carbons (Fsp3) is 1.00. The number of aliphatic hydroxyl groups is 2. The quantitative estimate of drug-likeness (QED) is 0.309. The molecule has 0 heterocycles. The van der Waals surface area contributed by atoms with Gasteiger partial charge in [0.25, 0.3) is 0 Å². The van der Waals surface area contributed by atoms with Crippen LogP contribution in [-0.4, -0.2) is 31.9 Å². The number of hydrogen-bond donors (Lipinski definition) is 6. The third-order valence-corrected chi connectivity index (χ3v) is 1.90. The first kappa shape index (κ1) is 17.2. The molecular formula is C3H15N2O5P. The number of rotatable bonds is 2. The molecule has 2 unspecified atom stereocenters. The van der Waals surface area contributed by atoms with Crippen molar-refractivity contribution >= 4 is 7.60 Å². The van der Waals surface area contributed by atoms with E-state index >= 15 is 0 Å². The first-order valence-electron chi connectivity index (χ1n) is 2.27. The highest BCUT2D eigenvalue weighted by atomic mass is 31.2. The minimum Gasteiger partial charge on any atom is -0.390 e. The van der Waals surface area contributed by atoms with Crippen LogP contribution in [-0.2, 0) is 4.57 Å². The van der Waals surface area contributed by atoms with Gasteiger partial charge in [-0.25, -0.2) is 0 Å². The summed E-state index contributed by atoms with van der Waals surface area (Å²) in [5, 5.41) is 16.9. The molecule has 0 rings (SSSR count). The molecule has 11 heavy (non-hydrogen) atoms. The lowest BCUT2D eigenvalue weighted by atomic mass is 10.4. The van der Waals surface area contributed by atoms with Crippen LogP contribution in [0, 0.1) is 0 Å². The van der Waals surface area contributed by atoms with Crippen LogP contribution in [0.25, 0.3) is 0 Å². The van der Waals surface area contributed by atoms with Crippen molar-refractivity contribution in [1.29, 1.82) is 0 Å². The van der Waals surface area contributed by atoms with Gasteiger partial charge in [-0.05, 0) is 6.92 Å². The first-order valence-corrected chi connectivity index (χ1v) is 3.95. The molecule has 0 aliphatic heterocycles. The van der Waals surface area contributed by atoms with Gasteiger partial charge in [0.15, 0.2) is 5.85 Å². The van der Waals surface area contributed by atoms with Crippen LogP contribution in [0.4, 0.5) is 0 Å². The fourth-order valence-electron chi connectivity index (χ4n) is 0.281. The zero-order chi connectivity index (χ0) is 7.65. The molecule has 0 bridgehead atoms. The Kier molecular flexibility index (Phi) is 8.77. The highest BCUT2D eigenvalue weighted by Gasteiger charge is 2.30. The van der Waals surface area contributed by atoms with E-state index in [9.17, 15) is 4.57 Å². The molecule has 0 aliphatic carbocycles. The number of aliphatic hydroxyl groups excluding tert-OH is 2. The van der Waals surface area contributed by atoms with Crippen molar-refractivity contribution in [3.05, 3.63) is 0 Å². The average Bonchev–Trinajstić information content (AvgIpc) is 1.62. The maximum Gasteiger partial charge on any atom is 0.356 e. The minimum atomic E-state index is -4.51. The Labute approximate surface area is 64.4 Å². The Morgan fingerprint density at radius 2 is 1.45 bits per heavy atom. The molecule has 0 spiro atoms. The lowest BCUT2D eigenvalue weighted by molar-refractivity contribution is 0.0641. The fourth-order valence-corrected chi connectivity index (χ4v) is 0.843. The monoisotopic (exact) mass is 190 g/mol. The van der Waals surface area contributed by atoms with Crippen molar-refractivity contribution in [2.24, 2.45) is 0 Å². The van der Waals surface area contributed by atoms with E-state index in [-0.39, 0.29) is 12.3 Å². The van der Waals surface area contributed by atoms with Crippen LogP contribution >= 0.6 is 7.60 Å². The third kappa shape index (κ3) is 6.39. The minimum absolute atomic E-state index is 0. The van der Waals surface area contributed by atoms with E-state index in [1.165, 1.54) is 0 Å². The molecule has 0 aromatic carbocycles. The maximum atomic E-state index is 10.1. The van der Waals surface area contributed by atoms with Gasteiger partial charge in [0.1, 0.15) is 0 Å². The molecular weight excluding hydrogens is 175 g/mol. The molecule has 0 saturated carbocycles. The van der Waals surface area contributed by atoms with Gasteiger partial charge in [0.05, 0.1) is 6.10 Å². The van der Waals surface area contributed by atoms with E-state index in [0.29, 0.717) is 0 Å². The Balaban J connectivity index is -0.000000320. The van der Waals surface area contributed by atoms with E-state index in [0.717, 1.165) is 6.92 Å². The average molecular weight is 190 g/mol. The second kappa shape index (κ2) is 5.62. The van der Waals surface area contributed by atoms with Crippen LogP contribution in [0.5, 0.6) is 0 Å². The maximum absolute atomic E-state index is 10.1. The van der Waals surface area contributed by atoms with Crippen molar-refractivity contribution in [3.63, 3.8) is 0 Å². The SMILES string of the molecule is CC(O)C(O)P(=O)(O)O.N.N. The Morgan fingerprint density at radius 3 is 1.45 bits per heavy atom. The molecule has 0 radical (unpaired) electrons. The van der Waals surface area contributed by atoms with Gasteiger partial charge >= 0.3 is 7.60 Å². The predicted octanol–water partition coefficient (Wildman–Crippen LogP) is -0.813. The summed E-state index contributed by atoms with van der Waals surface area (Å²) in [5.74, 6) is -1.96. The van der Waals surface area contributed by atoms with Gasteiger partial charge in [0, 0.05) is 0 Å². The third-order valence-electron chi connectivity index (χ3n) is 0.776. The molecule has 0 aliphatic rings. The zero-order valence-electron chi connectivity index (χ0n) is 6.21. The molecule has 7 nitrogen and oxygen atoms in total. The summed E-state index contributed by atoms with van der Waals surface area (Å²) in [5.41, 5.74) is 0. The van der Waals surface area contributed by atoms with Crippen LogP contribution < -0.4 is 12.3 Å². The summed E-state index contributed by atoms with van der Waals surface area (Å²) in [6.07, 6.45) is -1.40. The van der Waals surface area contributed by atoms with Crippen molar-refractivity contribution in [3.8, 4) is 0 Å². The first-order chi connectivity index (χ1) is 3.85. The summed E-state index contributed by atoms with van der Waals surface area (Å²) < 4.78 is 10.1. The molecule has 0 fully saturated rings. The highest BCUT2D eigenvalue weighted by molar-refractivity contribution is 7.52. The second-order valence-electron chi connectivity index (χ2n) is 1.74. The topological polar surface area (TPSA) is 168 Å². The Hall–Kier alpha value is -0.0100. The number of hydrogen-bond acceptors (Lipinski definition) is 5. The zero-order valence-corrected chi connectivity index (χ0v) is 7.11. The summed E-state index contributed by atoms with van der Waals surface area (Å²) in [7, 11) is -4.51. The summed E-state index contributed by atoms with van der Waals surface area (Å²) in [4.78, 5) is 16.3. The van der Waals surface area contributed by atoms with E-state index < -0.39 is 19.5 Å². The summed E-state index contributed by atoms with van der Waals surface area (Å²) >= 11 is 0. The van der Waals surface area contributed by atoms with Crippen molar-refractivity contribution in [2.75, 3.05) is 0 Å². The van der Waals surface area contributed by atoms with E-state index in [1.807, 2.05) is 0 Å². The van der Waals surface area contributed by atoms with Gasteiger partial charge in [-0.1, -0.05) is 0 Å². The normalized spacial score (nSPS) is 15.7. The van der Waals surface area contributed by atoms with E-state index in [1.54, 1.807) is 0 Å². The summed E-state index contributed by atoms with van der Waals surface area (Å²) in [6.45, 7) is 1.10. The van der Waals surface area contributed by atoms with Crippen LogP contribution in [0.3, 0.4) is 0 Å². The van der Waals surface area contributed by atoms with Crippen LogP contribution in [0.2, 0.25) is 0 Å². The van der Waals surface area contributed by atoms with Crippen LogP contribution in [0.15, 0.2) is 0 Å². The van der Waals surface area contributed by atoms with Gasteiger partial charge in [-0.2, -0.15) is 0 Å². The molecule has 2 atom stereocenters. The van der Waals surface area contributed by atoms with Gasteiger partial charge in [-0.15, -0.1) is 0 Å². The Morgan fingerprint density at radius 1 is 1.18 bits per heavy atom. The summed E-state index contributed by atoms with van der Waals surface area (Å²) in [6, 6.07) is 0. The standard InChI is InChI=1S/C3H9O5P.2H3N/c1-2(4)3(5)9(6,7)8;;/h2-5H,1H3,(H2,6,7,8);2*1H3. The van der Waals surface area contributed by atoms with Crippen molar-refractivity contribution < 1.29 is 24.6 Å². The molecule has 72 valence electrons. The van der Waals surface area contributed by atoms with Gasteiger partial charge in [0.2, 0.25) is 0 Å². The lowest BCUT2D eigenvalue weighted by Gasteiger charge is -2.13. The van der Waals surface area contributed by atoms with Crippen LogP contribution in [0.1, 0.15) is 6.92 Å². The molecule has 0 amide bonds. The molecule has 0 aromatic rings. The second-order valence-corrected chi connectivity index (χ2v) is 3.45. The lowest BCUT2D eigenvalue weighted by Crippen LogP contribution is -2.21. The smallest absolute Gasteiger partial charge is 0.356 e. The highest BCUT2D eigenvalue weighted by Crippen LogP contribution is 2.40. The van der Waals surface area contributed by atoms with E-state index in [4.69, 9.17) is 20.0 Å². The van der Waals surface area contributed by atoms with Crippen molar-refractivity contribution in [2.45, 2.75) is 18.9 Å². The molecule has 10 N–H and O–H groups in total. The molecule has 0 saturated heterocycles. The largest absolute Gasteiger partial charge is 0.390 e. The molecule has 0 aromatic heterocycles.